The average molecular weight is 390 g/mol. The first-order valence-corrected chi connectivity index (χ1v) is 9.16. The Morgan fingerprint density at radius 3 is 2.62 bits per heavy atom. The number of aryl methyl sites for hydroxylation is 2. The van der Waals surface area contributed by atoms with Gasteiger partial charge >= 0.3 is 5.69 Å². The molecule has 0 fully saturated rings. The maximum absolute atomic E-state index is 12.8. The minimum Gasteiger partial charge on any atom is -0.309 e. The molecule has 0 aliphatic carbocycles. The fraction of sp³-hybridized carbons (Fsp3) is 0.190. The van der Waals surface area contributed by atoms with Crippen molar-refractivity contribution >= 4 is 16.9 Å². The summed E-state index contributed by atoms with van der Waals surface area (Å²) in [6.07, 6.45) is 3.84. The van der Waals surface area contributed by atoms with Crippen LogP contribution in [-0.2, 0) is 20.1 Å². The summed E-state index contributed by atoms with van der Waals surface area (Å²) in [6, 6.07) is 12.8. The second kappa shape index (κ2) is 7.31. The second-order valence-corrected chi connectivity index (χ2v) is 6.95. The van der Waals surface area contributed by atoms with E-state index in [-0.39, 0.29) is 23.5 Å². The number of rotatable bonds is 5. The monoisotopic (exact) mass is 390 g/mol. The number of hydrogen-bond donors (Lipinski definition) is 1. The largest absolute Gasteiger partial charge is 0.329 e. The van der Waals surface area contributed by atoms with E-state index >= 15 is 0 Å². The third kappa shape index (κ3) is 3.52. The number of imidazole rings is 1. The number of ketones is 1. The van der Waals surface area contributed by atoms with Crippen LogP contribution in [0.25, 0.3) is 11.2 Å². The first-order valence-electron chi connectivity index (χ1n) is 9.16. The molecule has 3 heterocycles. The van der Waals surface area contributed by atoms with Gasteiger partial charge in [-0.15, -0.1) is 0 Å². The Bertz CT molecular complexity index is 1330. The number of hydrogen-bond acceptors (Lipinski definition) is 4. The van der Waals surface area contributed by atoms with Crippen LogP contribution in [0.1, 0.15) is 21.7 Å². The molecular weight excluding hydrogens is 370 g/mol. The molecule has 0 aliphatic heterocycles. The van der Waals surface area contributed by atoms with E-state index in [0.717, 1.165) is 5.56 Å². The summed E-state index contributed by atoms with van der Waals surface area (Å²) in [5, 5.41) is 0. The molecule has 0 saturated carbocycles. The van der Waals surface area contributed by atoms with Gasteiger partial charge in [-0.1, -0.05) is 30.3 Å². The number of nitrogens with zero attached hydrogens (tertiary/aromatic N) is 4. The number of Topliss-reactive ketones (excluding diaryl/α,β-unsaturated/α-hetero) is 1. The third-order valence-electron chi connectivity index (χ3n) is 4.81. The molecule has 146 valence electrons. The highest BCUT2D eigenvalue weighted by Gasteiger charge is 2.22. The number of carbonyl (C=O) groups is 1. The minimum absolute atomic E-state index is 0.0521. The third-order valence-corrected chi connectivity index (χ3v) is 4.81. The lowest BCUT2D eigenvalue weighted by Crippen LogP contribution is -2.35. The van der Waals surface area contributed by atoms with Crippen molar-refractivity contribution in [2.45, 2.75) is 20.0 Å². The summed E-state index contributed by atoms with van der Waals surface area (Å²) in [5.41, 5.74) is 0.973. The predicted molar refractivity (Wildman–Crippen MR) is 107 cm³/mol. The molecule has 1 N–H and O–H groups in total. The van der Waals surface area contributed by atoms with Gasteiger partial charge in [0.15, 0.2) is 35.2 Å². The van der Waals surface area contributed by atoms with Gasteiger partial charge in [0, 0.05) is 24.2 Å². The van der Waals surface area contributed by atoms with Gasteiger partial charge in [0.2, 0.25) is 6.54 Å². The Hall–Kier alpha value is -3.81. The van der Waals surface area contributed by atoms with Crippen molar-refractivity contribution in [3.8, 4) is 0 Å². The zero-order valence-electron chi connectivity index (χ0n) is 16.1. The van der Waals surface area contributed by atoms with Crippen LogP contribution in [0.4, 0.5) is 0 Å². The van der Waals surface area contributed by atoms with Crippen molar-refractivity contribution in [2.75, 3.05) is 0 Å². The smallest absolute Gasteiger partial charge is 0.309 e. The minimum atomic E-state index is -0.558. The van der Waals surface area contributed by atoms with E-state index in [1.165, 1.54) is 4.57 Å². The van der Waals surface area contributed by atoms with E-state index < -0.39 is 11.2 Å². The molecule has 0 unspecified atom stereocenters. The van der Waals surface area contributed by atoms with Crippen LogP contribution in [0, 0.1) is 6.92 Å². The van der Waals surface area contributed by atoms with E-state index in [9.17, 15) is 14.4 Å². The van der Waals surface area contributed by atoms with Gasteiger partial charge < -0.3 is 4.57 Å². The highest BCUT2D eigenvalue weighted by Crippen LogP contribution is 2.13. The van der Waals surface area contributed by atoms with Crippen molar-refractivity contribution in [3.63, 3.8) is 0 Å². The predicted octanol–water partition coefficient (Wildman–Crippen LogP) is 0.950. The Morgan fingerprint density at radius 2 is 1.90 bits per heavy atom. The molecule has 0 aliphatic rings. The Kier molecular flexibility index (Phi) is 4.67. The van der Waals surface area contributed by atoms with Crippen LogP contribution in [-0.4, -0.2) is 24.9 Å². The maximum Gasteiger partial charge on any atom is 0.329 e. The van der Waals surface area contributed by atoms with Gasteiger partial charge in [-0.25, -0.2) is 9.78 Å². The number of aromatic amines is 1. The number of nitrogens with one attached hydrogen (secondary N) is 1. The van der Waals surface area contributed by atoms with Crippen molar-refractivity contribution in [3.05, 3.63) is 92.6 Å². The Labute approximate surface area is 165 Å². The Balaban J connectivity index is 1.87. The molecule has 0 amide bonds. The van der Waals surface area contributed by atoms with Crippen LogP contribution in [0.2, 0.25) is 0 Å². The molecule has 8 heteroatoms. The quantitative estimate of drug-likeness (QED) is 0.406. The molecule has 0 atom stereocenters. The van der Waals surface area contributed by atoms with Crippen LogP contribution >= 0.6 is 0 Å². The van der Waals surface area contributed by atoms with Crippen molar-refractivity contribution in [1.29, 1.82) is 0 Å². The zero-order chi connectivity index (χ0) is 20.5. The first-order chi connectivity index (χ1) is 13.9. The molecule has 3 aromatic heterocycles. The molecule has 0 saturated heterocycles. The van der Waals surface area contributed by atoms with Crippen LogP contribution in [0.3, 0.4) is 0 Å². The van der Waals surface area contributed by atoms with Crippen LogP contribution in [0.15, 0.2) is 64.4 Å². The molecule has 8 nitrogen and oxygen atoms in total. The second-order valence-electron chi connectivity index (χ2n) is 6.95. The fourth-order valence-electron chi connectivity index (χ4n) is 3.34. The van der Waals surface area contributed by atoms with E-state index in [1.807, 2.05) is 42.1 Å². The summed E-state index contributed by atoms with van der Waals surface area (Å²) < 4.78 is 4.80. The lowest BCUT2D eigenvalue weighted by molar-refractivity contribution is -0.689. The molecule has 0 spiro atoms. The first kappa shape index (κ1) is 18.5. The van der Waals surface area contributed by atoms with Crippen LogP contribution < -0.4 is 15.8 Å². The van der Waals surface area contributed by atoms with Crippen molar-refractivity contribution in [2.24, 2.45) is 7.05 Å². The lowest BCUT2D eigenvalue weighted by Gasteiger charge is -2.07. The molecule has 0 bridgehead atoms. The molecular formula is C21H20N5O3+. The van der Waals surface area contributed by atoms with Crippen LogP contribution in [0.5, 0.6) is 0 Å². The molecule has 29 heavy (non-hydrogen) atoms. The van der Waals surface area contributed by atoms with E-state index in [1.54, 1.807) is 35.9 Å². The molecule has 0 radical (unpaired) electrons. The summed E-state index contributed by atoms with van der Waals surface area (Å²) in [5.74, 6) is 0.375. The highest BCUT2D eigenvalue weighted by atomic mass is 16.2. The summed E-state index contributed by atoms with van der Waals surface area (Å²) in [4.78, 5) is 44.2. The maximum atomic E-state index is 12.8. The van der Waals surface area contributed by atoms with Gasteiger partial charge in [0.1, 0.15) is 0 Å². The van der Waals surface area contributed by atoms with Crippen molar-refractivity contribution < 1.29 is 9.36 Å². The van der Waals surface area contributed by atoms with E-state index in [4.69, 9.17) is 0 Å². The standard InChI is InChI=1S/C21H19N5O3/c1-14-7-6-10-25(11-14)13-17-22-19-18(20(28)23-21(29)24(19)2)26(17)12-16(27)15-8-4-3-5-9-15/h3-11H,12-13H2,1-2H3/p+1. The molecule has 1 aromatic carbocycles. The number of benzene rings is 1. The summed E-state index contributed by atoms with van der Waals surface area (Å²) in [6.45, 7) is 2.28. The number of fused-ring (bicyclic) bond motifs is 1. The van der Waals surface area contributed by atoms with Gasteiger partial charge in [0.05, 0.1) is 6.54 Å². The summed E-state index contributed by atoms with van der Waals surface area (Å²) in [7, 11) is 1.54. The molecule has 4 aromatic rings. The number of aromatic nitrogens is 5. The highest BCUT2D eigenvalue weighted by molar-refractivity contribution is 5.96. The Morgan fingerprint density at radius 1 is 1.14 bits per heavy atom. The topological polar surface area (TPSA) is 93.6 Å². The fourth-order valence-corrected chi connectivity index (χ4v) is 3.34. The lowest BCUT2D eigenvalue weighted by atomic mass is 10.1. The van der Waals surface area contributed by atoms with E-state index in [2.05, 4.69) is 9.97 Å². The zero-order valence-corrected chi connectivity index (χ0v) is 16.1. The van der Waals surface area contributed by atoms with Crippen molar-refractivity contribution in [1.82, 2.24) is 19.1 Å². The van der Waals surface area contributed by atoms with Gasteiger partial charge in [-0.2, -0.15) is 4.57 Å². The average Bonchev–Trinajstić information content (AvgIpc) is 3.05. The number of pyridine rings is 1. The SMILES string of the molecule is Cc1ccc[n+](Cc2nc3c(c(=O)[nH]c(=O)n3C)n2CC(=O)c2ccccc2)c1. The van der Waals surface area contributed by atoms with Gasteiger partial charge in [-0.05, 0) is 13.0 Å². The summed E-state index contributed by atoms with van der Waals surface area (Å²) >= 11 is 0. The normalized spacial score (nSPS) is 11.1. The number of H-pyrrole nitrogens is 1. The van der Waals surface area contributed by atoms with Gasteiger partial charge in [0.25, 0.3) is 5.56 Å². The van der Waals surface area contributed by atoms with Gasteiger partial charge in [-0.3, -0.25) is 19.1 Å². The van der Waals surface area contributed by atoms with E-state index in [0.29, 0.717) is 17.9 Å². The number of carbonyl (C=O) groups excluding carboxylic acids is 1. The molecule has 4 rings (SSSR count).